The Morgan fingerprint density at radius 2 is 1.32 bits per heavy atom. The smallest absolute Gasteiger partial charge is 0.418 e. The number of nitrogens with one attached hydrogen (secondary N) is 2. The molecule has 90 heavy (non-hydrogen) atoms. The van der Waals surface area contributed by atoms with Gasteiger partial charge in [-0.2, -0.15) is 18.6 Å². The first kappa shape index (κ1) is 70.7. The number of Topliss-reactive ketones (excluding diaryl/α,β-unsaturated/α-hetero) is 2. The molecule has 2 saturated heterocycles. The second-order valence-electron chi connectivity index (χ2n) is 22.2. The molecular weight excluding hydrogens is 1210 g/mol. The van der Waals surface area contributed by atoms with Crippen molar-refractivity contribution in [3.63, 3.8) is 0 Å². The van der Waals surface area contributed by atoms with Gasteiger partial charge in [0.05, 0.1) is 46.6 Å². The van der Waals surface area contributed by atoms with Crippen LogP contribution in [0.2, 0.25) is 5.02 Å². The number of unbranched alkanes of at least 4 members (excludes halogenated alkanes) is 12. The lowest BCUT2D eigenvalue weighted by Crippen LogP contribution is -2.53. The van der Waals surface area contributed by atoms with Crippen molar-refractivity contribution < 1.29 is 74.4 Å². The summed E-state index contributed by atoms with van der Waals surface area (Å²) in [6, 6.07) is 13.6. The van der Waals surface area contributed by atoms with Gasteiger partial charge in [-0.1, -0.05) is 133 Å². The van der Waals surface area contributed by atoms with E-state index in [9.17, 15) is 56.0 Å². The fourth-order valence-electron chi connectivity index (χ4n) is 9.96. The Morgan fingerprint density at radius 1 is 0.722 bits per heavy atom. The zero-order valence-electron chi connectivity index (χ0n) is 52.0. The highest BCUT2D eigenvalue weighted by Crippen LogP contribution is 2.32. The van der Waals surface area contributed by atoms with Gasteiger partial charge in [0, 0.05) is 33.0 Å². The number of cyclic esters (lactones) is 1. The van der Waals surface area contributed by atoms with E-state index in [0.717, 1.165) is 59.9 Å². The second-order valence-corrected chi connectivity index (χ2v) is 24.3. The molecule has 3 unspecified atom stereocenters. The van der Waals surface area contributed by atoms with Crippen molar-refractivity contribution in [1.82, 2.24) is 34.3 Å². The van der Waals surface area contributed by atoms with Crippen molar-refractivity contribution in [2.45, 2.75) is 162 Å². The molecule has 3 aromatic carbocycles. The maximum Gasteiger partial charge on any atom is 0.418 e. The average Bonchev–Trinajstić information content (AvgIpc) is 1.62. The first-order chi connectivity index (χ1) is 42.8. The molecule has 0 saturated carbocycles. The zero-order chi connectivity index (χ0) is 65.9. The van der Waals surface area contributed by atoms with Gasteiger partial charge in [0.25, 0.3) is 23.6 Å². The fraction of sp³-hybridized carbons (Fsp3) is 0.476. The Labute approximate surface area is 528 Å². The van der Waals surface area contributed by atoms with Crippen molar-refractivity contribution in [3.8, 4) is 5.75 Å². The molecule has 5 aromatic rings. The number of aromatic nitrogens is 4. The summed E-state index contributed by atoms with van der Waals surface area (Å²) < 4.78 is 63.6. The van der Waals surface area contributed by atoms with E-state index < -0.39 is 98.8 Å². The van der Waals surface area contributed by atoms with E-state index in [4.69, 9.17) is 30.0 Å². The van der Waals surface area contributed by atoms with Crippen molar-refractivity contribution >= 4 is 86.4 Å². The molecule has 0 radical (unpaired) electrons. The summed E-state index contributed by atoms with van der Waals surface area (Å²) in [5, 5.41) is 12.9. The van der Waals surface area contributed by atoms with Gasteiger partial charge in [-0.3, -0.25) is 43.0 Å². The first-order valence-electron chi connectivity index (χ1n) is 30.1. The van der Waals surface area contributed by atoms with Crippen molar-refractivity contribution in [2.75, 3.05) is 29.6 Å². The Morgan fingerprint density at radius 3 is 1.90 bits per heavy atom. The number of ether oxygens (including phenoxy) is 3. The summed E-state index contributed by atoms with van der Waals surface area (Å²) in [7, 11) is -1.09. The third-order valence-electron chi connectivity index (χ3n) is 14.7. The Bertz CT molecular complexity index is 3500. The van der Waals surface area contributed by atoms with E-state index in [-0.39, 0.29) is 58.9 Å². The van der Waals surface area contributed by atoms with Crippen LogP contribution >= 0.6 is 11.6 Å². The highest BCUT2D eigenvalue weighted by molar-refractivity contribution is 7.87. The molecule has 3 atom stereocenters. The predicted molar refractivity (Wildman–Crippen MR) is 330 cm³/mol. The van der Waals surface area contributed by atoms with Crippen LogP contribution in [0.15, 0.2) is 85.1 Å². The molecular formula is C63H79ClFN9O15S. The molecule has 24 nitrogen and oxygen atoms in total. The number of benzene rings is 3. The standard InChI is InChI=1S/C32H43ClN4O7.C31H36FN5O8S/c1-6-7-8-9-10-11-12-13-14-15-18-43-29(40)22-16-17-23(33)24(20-22)34-28(39)26(27(38)25-19-21(2)35-36(25)5)37-30(41)32(3,4)44-31(37)42;1-4-6-7-11-18-46(42,43)45-22-14-15-23(32)24(19-22)34-28(39)26(27(38)25-16-17-33-35(25)3)37-29(40)30(44-5-2)36(31(37)41)20-21-12-9-8-10-13-21/h16-17,19-20,26H,6-15,18H2,1-5H3,(H,34,39);8-10,12-17,19,26,30H,4-7,11,18,20H2,1-3H3,(H,34,39). The molecule has 2 aliphatic heterocycles. The number of anilines is 2. The number of halogens is 2. The Balaban J connectivity index is 0.000000287. The normalized spacial score (nSPS) is 15.3. The maximum absolute atomic E-state index is 15.0. The number of hydrogen-bond acceptors (Lipinski definition) is 17. The van der Waals surface area contributed by atoms with Gasteiger partial charge < -0.3 is 29.0 Å². The summed E-state index contributed by atoms with van der Waals surface area (Å²) in [6.45, 7) is 10.4. The number of amides is 7. The van der Waals surface area contributed by atoms with Crippen molar-refractivity contribution in [2.24, 2.45) is 14.1 Å². The summed E-state index contributed by atoms with van der Waals surface area (Å²) in [6.07, 6.45) is 13.1. The zero-order valence-corrected chi connectivity index (χ0v) is 53.5. The summed E-state index contributed by atoms with van der Waals surface area (Å²) in [5.41, 5.74) is -0.916. The van der Waals surface area contributed by atoms with Crippen LogP contribution in [0.4, 0.5) is 25.4 Å². The van der Waals surface area contributed by atoms with Crippen LogP contribution < -0.4 is 14.8 Å². The minimum Gasteiger partial charge on any atom is -0.462 e. The Hall–Kier alpha value is -8.36. The van der Waals surface area contributed by atoms with Crippen LogP contribution in [0, 0.1) is 12.7 Å². The molecule has 0 aliphatic carbocycles. The SMILES string of the molecule is CCCCCCCCCCCCOC(=O)c1ccc(Cl)c(NC(=O)C(C(=O)c2cc(C)nn2C)N2C(=O)OC(C)(C)C2=O)c1.CCCCCCS(=O)(=O)Oc1ccc(F)c(NC(=O)C(C(=O)c2ccnn2C)N2C(=O)C(OCC)N(Cc3ccccc3)C2=O)c1. The molecule has 2 fully saturated rings. The van der Waals surface area contributed by atoms with Crippen LogP contribution in [0.25, 0.3) is 0 Å². The van der Waals surface area contributed by atoms with E-state index in [1.54, 1.807) is 44.2 Å². The average molecular weight is 1290 g/mol. The summed E-state index contributed by atoms with van der Waals surface area (Å²) in [5.74, 6) is -8.01. The van der Waals surface area contributed by atoms with Crippen LogP contribution in [-0.4, -0.2) is 139 Å². The van der Waals surface area contributed by atoms with Gasteiger partial charge in [0.1, 0.15) is 23.0 Å². The third kappa shape index (κ3) is 18.6. The van der Waals surface area contributed by atoms with E-state index in [1.165, 1.54) is 114 Å². The quantitative estimate of drug-likeness (QED) is 0.00985. The molecule has 2 aromatic heterocycles. The van der Waals surface area contributed by atoms with Crippen LogP contribution in [-0.2, 0) is 64.1 Å². The topological polar surface area (TPSA) is 294 Å². The number of urea groups is 1. The first-order valence-corrected chi connectivity index (χ1v) is 32.0. The number of carbonyl (C=O) groups excluding carboxylic acids is 9. The largest absolute Gasteiger partial charge is 0.462 e. The molecule has 27 heteroatoms. The molecule has 4 heterocycles. The number of hydrogen-bond donors (Lipinski definition) is 2. The van der Waals surface area contributed by atoms with Crippen molar-refractivity contribution in [3.05, 3.63) is 124 Å². The van der Waals surface area contributed by atoms with E-state index in [1.807, 2.05) is 6.92 Å². The number of carbonyl (C=O) groups is 9. The lowest BCUT2D eigenvalue weighted by Gasteiger charge is -2.24. The third-order valence-corrected chi connectivity index (χ3v) is 16.2. The van der Waals surface area contributed by atoms with Crippen LogP contribution in [0.1, 0.15) is 167 Å². The van der Waals surface area contributed by atoms with E-state index in [2.05, 4.69) is 27.8 Å². The van der Waals surface area contributed by atoms with Gasteiger partial charge in [-0.05, 0) is 88.6 Å². The van der Waals surface area contributed by atoms with Crippen LogP contribution in [0.3, 0.4) is 0 Å². The minimum absolute atomic E-state index is 0.00307. The summed E-state index contributed by atoms with van der Waals surface area (Å²) in [4.78, 5) is 123. The van der Waals surface area contributed by atoms with Crippen molar-refractivity contribution in [1.29, 1.82) is 0 Å². The van der Waals surface area contributed by atoms with Gasteiger partial charge in [0.2, 0.25) is 17.8 Å². The molecule has 7 amide bonds. The summed E-state index contributed by atoms with van der Waals surface area (Å²) >= 11 is 6.32. The molecule has 2 aliphatic rings. The molecule has 0 bridgehead atoms. The van der Waals surface area contributed by atoms with Gasteiger partial charge in [0.15, 0.2) is 17.7 Å². The van der Waals surface area contributed by atoms with E-state index >= 15 is 0 Å². The fourth-order valence-corrected chi connectivity index (χ4v) is 11.2. The number of imide groups is 2. The predicted octanol–water partition coefficient (Wildman–Crippen LogP) is 10.3. The molecule has 7 rings (SSSR count). The molecule has 2 N–H and O–H groups in total. The highest BCUT2D eigenvalue weighted by atomic mass is 35.5. The highest BCUT2D eigenvalue weighted by Gasteiger charge is 2.55. The monoisotopic (exact) mass is 1290 g/mol. The maximum atomic E-state index is 15.0. The number of esters is 1. The molecule has 486 valence electrons. The molecule has 0 spiro atoms. The van der Waals surface area contributed by atoms with E-state index in [0.29, 0.717) is 33.9 Å². The number of ketones is 2. The second kappa shape index (κ2) is 32.9. The minimum atomic E-state index is -4.02. The number of rotatable bonds is 33. The van der Waals surface area contributed by atoms with Crippen LogP contribution in [0.5, 0.6) is 5.75 Å². The lowest BCUT2D eigenvalue weighted by molar-refractivity contribution is -0.144. The Kier molecular flexibility index (Phi) is 25.9. The lowest BCUT2D eigenvalue weighted by atomic mass is 10.0. The number of aryl methyl sites for hydroxylation is 3. The number of nitrogens with zero attached hydrogens (tertiary/aromatic N) is 7. The van der Waals surface area contributed by atoms with Gasteiger partial charge >= 0.3 is 28.2 Å². The van der Waals surface area contributed by atoms with Gasteiger partial charge in [-0.15, -0.1) is 0 Å². The van der Waals surface area contributed by atoms with Gasteiger partial charge in [-0.25, -0.2) is 28.6 Å².